The molecule has 2 aromatic carbocycles. The number of fused-ring (bicyclic) bond motifs is 1. The highest BCUT2D eigenvalue weighted by Crippen LogP contribution is 2.37. The van der Waals surface area contributed by atoms with E-state index in [1.165, 1.54) is 35.6 Å². The predicted molar refractivity (Wildman–Crippen MR) is 97.4 cm³/mol. The lowest BCUT2D eigenvalue weighted by Gasteiger charge is -2.35. The molecule has 0 bridgehead atoms. The zero-order valence-corrected chi connectivity index (χ0v) is 14.3. The molecule has 0 unspecified atom stereocenters. The van der Waals surface area contributed by atoms with Crippen molar-refractivity contribution in [2.24, 2.45) is 5.73 Å². The summed E-state index contributed by atoms with van der Waals surface area (Å²) in [5.74, 6) is 0. The smallest absolute Gasteiger partial charge is 0.00938 e. The van der Waals surface area contributed by atoms with Crippen molar-refractivity contribution in [2.75, 3.05) is 27.2 Å². The van der Waals surface area contributed by atoms with Gasteiger partial charge >= 0.3 is 0 Å². The maximum Gasteiger partial charge on any atom is 0.00938 e. The second-order valence-electron chi connectivity index (χ2n) is 6.67. The van der Waals surface area contributed by atoms with E-state index in [1.807, 2.05) is 0 Å². The number of nitrogens with two attached hydrogens (primary N) is 1. The summed E-state index contributed by atoms with van der Waals surface area (Å²) in [6.45, 7) is 4.05. The van der Waals surface area contributed by atoms with Gasteiger partial charge in [-0.1, -0.05) is 62.2 Å². The van der Waals surface area contributed by atoms with Crippen molar-refractivity contribution < 1.29 is 0 Å². The lowest BCUT2D eigenvalue weighted by molar-refractivity contribution is 0.298. The highest BCUT2D eigenvalue weighted by atomic mass is 15.0. The van der Waals surface area contributed by atoms with Gasteiger partial charge in [0, 0.05) is 12.0 Å². The van der Waals surface area contributed by atoms with Gasteiger partial charge in [-0.25, -0.2) is 0 Å². The summed E-state index contributed by atoms with van der Waals surface area (Å²) in [5.41, 5.74) is 7.86. The van der Waals surface area contributed by atoms with E-state index in [4.69, 9.17) is 5.73 Å². The van der Waals surface area contributed by atoms with Crippen LogP contribution in [0.3, 0.4) is 0 Å². The zero-order chi connectivity index (χ0) is 16.0. The summed E-state index contributed by atoms with van der Waals surface area (Å²) in [4.78, 5) is 2.27. The fraction of sp³-hybridized carbons (Fsp3) is 0.500. The van der Waals surface area contributed by atoms with Gasteiger partial charge in [0.1, 0.15) is 0 Å². The average molecular weight is 298 g/mol. The minimum atomic E-state index is 0.0845. The Kier molecular flexibility index (Phi) is 5.98. The van der Waals surface area contributed by atoms with Crippen LogP contribution in [0, 0.1) is 0 Å². The molecule has 0 aromatic heterocycles. The molecule has 22 heavy (non-hydrogen) atoms. The zero-order valence-electron chi connectivity index (χ0n) is 14.3. The molecule has 1 atom stereocenters. The molecular weight excluding hydrogens is 268 g/mol. The third-order valence-electron chi connectivity index (χ3n) is 4.80. The third-order valence-corrected chi connectivity index (χ3v) is 4.80. The van der Waals surface area contributed by atoms with Gasteiger partial charge in [0.15, 0.2) is 0 Å². The molecule has 0 aliphatic rings. The molecule has 2 heteroatoms. The van der Waals surface area contributed by atoms with E-state index < -0.39 is 0 Å². The van der Waals surface area contributed by atoms with Crippen LogP contribution in [-0.2, 0) is 5.41 Å². The molecule has 0 amide bonds. The fourth-order valence-corrected chi connectivity index (χ4v) is 3.35. The van der Waals surface area contributed by atoms with Crippen LogP contribution in [0.1, 0.15) is 38.2 Å². The molecule has 0 aliphatic heterocycles. The Morgan fingerprint density at radius 1 is 1.00 bits per heavy atom. The molecule has 0 spiro atoms. The van der Waals surface area contributed by atoms with E-state index in [1.54, 1.807) is 0 Å². The highest BCUT2D eigenvalue weighted by molar-refractivity contribution is 5.86. The Labute approximate surface area is 135 Å². The van der Waals surface area contributed by atoms with E-state index in [0.717, 1.165) is 19.5 Å². The van der Waals surface area contributed by atoms with Crippen LogP contribution in [-0.4, -0.2) is 32.1 Å². The summed E-state index contributed by atoms with van der Waals surface area (Å²) in [6.07, 6.45) is 4.73. The van der Waals surface area contributed by atoms with Gasteiger partial charge in [0.05, 0.1) is 0 Å². The topological polar surface area (TPSA) is 29.3 Å². The predicted octanol–water partition coefficient (Wildman–Crippen LogP) is 4.18. The van der Waals surface area contributed by atoms with Gasteiger partial charge in [0.2, 0.25) is 0 Å². The van der Waals surface area contributed by atoms with E-state index in [0.29, 0.717) is 0 Å². The Hall–Kier alpha value is -1.38. The number of unbranched alkanes of at least 4 members (excludes halogenated alkanes) is 1. The number of benzene rings is 2. The summed E-state index contributed by atoms with van der Waals surface area (Å²) < 4.78 is 0. The molecule has 2 aromatic rings. The molecule has 0 aliphatic carbocycles. The third kappa shape index (κ3) is 3.68. The molecule has 0 fully saturated rings. The van der Waals surface area contributed by atoms with Crippen LogP contribution in [0.2, 0.25) is 0 Å². The molecule has 0 saturated heterocycles. The lowest BCUT2D eigenvalue weighted by Crippen LogP contribution is -2.38. The van der Waals surface area contributed by atoms with Gasteiger partial charge in [0.25, 0.3) is 0 Å². The largest absolute Gasteiger partial charge is 0.330 e. The van der Waals surface area contributed by atoms with Crippen molar-refractivity contribution in [1.29, 1.82) is 0 Å². The Balaban J connectivity index is 2.49. The second kappa shape index (κ2) is 7.75. The van der Waals surface area contributed by atoms with E-state index in [9.17, 15) is 0 Å². The summed E-state index contributed by atoms with van der Waals surface area (Å²) in [5, 5.41) is 2.68. The standard InChI is InChI=1S/C20H30N2/c1-4-5-13-20(16-21,14-15-22(2)3)19-12-8-10-17-9-6-7-11-18(17)19/h6-12H,4-5,13-16,21H2,1-3H3/t20-/m1/s1. The van der Waals surface area contributed by atoms with Gasteiger partial charge < -0.3 is 10.6 Å². The number of hydrogen-bond donors (Lipinski definition) is 1. The minimum Gasteiger partial charge on any atom is -0.330 e. The molecule has 2 rings (SSSR count). The van der Waals surface area contributed by atoms with Crippen molar-refractivity contribution in [3.63, 3.8) is 0 Å². The monoisotopic (exact) mass is 298 g/mol. The average Bonchev–Trinajstić information content (AvgIpc) is 2.55. The first-order valence-electron chi connectivity index (χ1n) is 8.46. The quantitative estimate of drug-likeness (QED) is 0.792. The first-order valence-corrected chi connectivity index (χ1v) is 8.46. The van der Waals surface area contributed by atoms with E-state index in [-0.39, 0.29) is 5.41 Å². The first-order chi connectivity index (χ1) is 10.6. The summed E-state index contributed by atoms with van der Waals surface area (Å²) in [6, 6.07) is 15.4. The molecule has 2 nitrogen and oxygen atoms in total. The fourth-order valence-electron chi connectivity index (χ4n) is 3.35. The normalized spacial score (nSPS) is 14.4. The minimum absolute atomic E-state index is 0.0845. The first kappa shape index (κ1) is 17.0. The van der Waals surface area contributed by atoms with E-state index in [2.05, 4.69) is 68.4 Å². The van der Waals surface area contributed by atoms with Crippen molar-refractivity contribution in [2.45, 2.75) is 38.0 Å². The van der Waals surface area contributed by atoms with Gasteiger partial charge in [-0.15, -0.1) is 0 Å². The molecule has 120 valence electrons. The maximum absolute atomic E-state index is 6.34. The van der Waals surface area contributed by atoms with Gasteiger partial charge in [-0.3, -0.25) is 0 Å². The Bertz CT molecular complexity index is 586. The molecule has 0 heterocycles. The van der Waals surface area contributed by atoms with Crippen molar-refractivity contribution in [3.05, 3.63) is 48.0 Å². The van der Waals surface area contributed by atoms with Gasteiger partial charge in [-0.05, 0) is 49.8 Å². The molecular formula is C20H30N2. The summed E-state index contributed by atoms with van der Waals surface area (Å²) >= 11 is 0. The maximum atomic E-state index is 6.34. The van der Waals surface area contributed by atoms with Crippen molar-refractivity contribution in [1.82, 2.24) is 4.90 Å². The SMILES string of the molecule is CCCC[C@](CN)(CCN(C)C)c1cccc2ccccc12. The lowest BCUT2D eigenvalue weighted by atomic mass is 9.72. The summed E-state index contributed by atoms with van der Waals surface area (Å²) in [7, 11) is 4.29. The van der Waals surface area contributed by atoms with Crippen molar-refractivity contribution in [3.8, 4) is 0 Å². The molecule has 0 saturated carbocycles. The van der Waals surface area contributed by atoms with Gasteiger partial charge in [-0.2, -0.15) is 0 Å². The van der Waals surface area contributed by atoms with Crippen LogP contribution < -0.4 is 5.73 Å². The second-order valence-corrected chi connectivity index (χ2v) is 6.67. The Morgan fingerprint density at radius 2 is 1.73 bits per heavy atom. The van der Waals surface area contributed by atoms with Crippen LogP contribution in [0.15, 0.2) is 42.5 Å². The van der Waals surface area contributed by atoms with Crippen molar-refractivity contribution >= 4 is 10.8 Å². The van der Waals surface area contributed by atoms with Crippen LogP contribution in [0.25, 0.3) is 10.8 Å². The Morgan fingerprint density at radius 3 is 2.41 bits per heavy atom. The number of hydrogen-bond acceptors (Lipinski definition) is 2. The van der Waals surface area contributed by atoms with Crippen LogP contribution >= 0.6 is 0 Å². The molecule has 2 N–H and O–H groups in total. The highest BCUT2D eigenvalue weighted by Gasteiger charge is 2.31. The van der Waals surface area contributed by atoms with E-state index >= 15 is 0 Å². The number of rotatable bonds is 8. The molecule has 0 radical (unpaired) electrons. The van der Waals surface area contributed by atoms with Crippen LogP contribution in [0.4, 0.5) is 0 Å². The van der Waals surface area contributed by atoms with Crippen LogP contribution in [0.5, 0.6) is 0 Å². The number of nitrogens with zero attached hydrogens (tertiary/aromatic N) is 1.